The van der Waals surface area contributed by atoms with Crippen LogP contribution in [0.4, 0.5) is 0 Å². The second-order valence-electron chi connectivity index (χ2n) is 3.66. The van der Waals surface area contributed by atoms with Crippen LogP contribution in [0.1, 0.15) is 18.1 Å². The number of rotatable bonds is 5. The molecule has 0 amide bonds. The number of nitriles is 1. The van der Waals surface area contributed by atoms with Gasteiger partial charge in [-0.2, -0.15) is 5.26 Å². The van der Waals surface area contributed by atoms with Gasteiger partial charge in [0, 0.05) is 0 Å². The van der Waals surface area contributed by atoms with Crippen LogP contribution in [0.2, 0.25) is 0 Å². The normalized spacial score (nSPS) is 10.6. The third-order valence-corrected chi connectivity index (χ3v) is 2.27. The van der Waals surface area contributed by atoms with Gasteiger partial charge in [-0.05, 0) is 30.7 Å². The summed E-state index contributed by atoms with van der Waals surface area (Å²) >= 11 is 0. The Balaban J connectivity index is 0.00000400. The molecule has 0 radical (unpaired) electrons. The van der Waals surface area contributed by atoms with Crippen molar-refractivity contribution in [1.29, 1.82) is 5.26 Å². The Morgan fingerprint density at radius 2 is 1.95 bits per heavy atom. The van der Waals surface area contributed by atoms with E-state index in [4.69, 9.17) is 5.26 Å². The predicted molar refractivity (Wildman–Crippen MR) is 69.9 cm³/mol. The summed E-state index contributed by atoms with van der Waals surface area (Å²) in [7, 11) is 0. The Labute approximate surface area is 144 Å². The van der Waals surface area contributed by atoms with Gasteiger partial charge in [0.1, 0.15) is 0 Å². The number of esters is 1. The number of benzene rings is 1. The molecule has 0 aliphatic carbocycles. The quantitative estimate of drug-likeness (QED) is 0.156. The van der Waals surface area contributed by atoms with E-state index in [-0.39, 0.29) is 41.9 Å². The van der Waals surface area contributed by atoms with E-state index < -0.39 is 11.8 Å². The van der Waals surface area contributed by atoms with Gasteiger partial charge in [0.15, 0.2) is 0 Å². The third-order valence-electron chi connectivity index (χ3n) is 2.27. The molecule has 0 bridgehead atoms. The zero-order chi connectivity index (χ0) is 15.0. The number of hydrogen-bond donors (Lipinski definition) is 0. The van der Waals surface area contributed by atoms with Gasteiger partial charge in [-0.3, -0.25) is 4.79 Å². The molecule has 0 N–H and O–H groups in total. The number of ketones is 1. The predicted octanol–water partition coefficient (Wildman–Crippen LogP) is -2.05. The van der Waals surface area contributed by atoms with Crippen LogP contribution in [0.3, 0.4) is 0 Å². The van der Waals surface area contributed by atoms with Crippen molar-refractivity contribution in [1.82, 2.24) is 0 Å². The summed E-state index contributed by atoms with van der Waals surface area (Å²) in [5.41, 5.74) is 0.840. The van der Waals surface area contributed by atoms with Crippen molar-refractivity contribution >= 4 is 17.5 Å². The van der Waals surface area contributed by atoms with Crippen molar-refractivity contribution in [2.24, 2.45) is 0 Å². The summed E-state index contributed by atoms with van der Waals surface area (Å²) in [5.74, 6) is -2.11. The Morgan fingerprint density at radius 1 is 1.33 bits per heavy atom. The van der Waals surface area contributed by atoms with E-state index in [0.717, 1.165) is 6.08 Å². The fourth-order valence-electron chi connectivity index (χ4n) is 1.30. The minimum atomic E-state index is -0.956. The molecule has 0 spiro atoms. The van der Waals surface area contributed by atoms with Crippen LogP contribution >= 0.6 is 0 Å². The molecular formula is C15H12NNaO4. The van der Waals surface area contributed by atoms with E-state index in [1.54, 1.807) is 6.92 Å². The maximum Gasteiger partial charge on any atom is 1.00 e. The molecule has 5 nitrogen and oxygen atoms in total. The third kappa shape index (κ3) is 6.41. The van der Waals surface area contributed by atoms with Crippen LogP contribution in [-0.4, -0.2) is 18.4 Å². The second-order valence-corrected chi connectivity index (χ2v) is 3.66. The molecule has 1 rings (SSSR count). The van der Waals surface area contributed by atoms with Crippen LogP contribution in [0.5, 0.6) is 0 Å². The molecule has 0 saturated heterocycles. The van der Waals surface area contributed by atoms with Crippen molar-refractivity contribution in [3.63, 3.8) is 0 Å². The Morgan fingerprint density at radius 3 is 2.48 bits per heavy atom. The number of allylic oxidation sites excluding steroid dienone is 2. The van der Waals surface area contributed by atoms with Crippen LogP contribution in [0, 0.1) is 11.3 Å². The first-order chi connectivity index (χ1) is 9.58. The largest absolute Gasteiger partial charge is 1.00 e. The van der Waals surface area contributed by atoms with Crippen LogP contribution in [0.25, 0.3) is 5.76 Å². The van der Waals surface area contributed by atoms with Crippen molar-refractivity contribution in [3.05, 3.63) is 53.6 Å². The number of hydrogen-bond acceptors (Lipinski definition) is 5. The molecule has 6 heteroatoms. The van der Waals surface area contributed by atoms with Gasteiger partial charge in [0.05, 0.1) is 18.2 Å². The van der Waals surface area contributed by atoms with Gasteiger partial charge in [-0.25, -0.2) is 4.79 Å². The Kier molecular flexibility index (Phi) is 9.06. The SMILES string of the molecule is CCOC(=O)C(=O)/C=C/C=C(\[O-])c1ccc(C#N)cc1.[Na+]. The van der Waals surface area contributed by atoms with Gasteiger partial charge >= 0.3 is 35.5 Å². The number of carbonyl (C=O) groups is 2. The van der Waals surface area contributed by atoms with Gasteiger partial charge in [0.25, 0.3) is 5.78 Å². The van der Waals surface area contributed by atoms with Gasteiger partial charge in [0.2, 0.25) is 0 Å². The molecule has 0 heterocycles. The van der Waals surface area contributed by atoms with E-state index >= 15 is 0 Å². The average Bonchev–Trinajstić information content (AvgIpc) is 2.47. The van der Waals surface area contributed by atoms with Crippen LogP contribution in [0.15, 0.2) is 42.5 Å². The van der Waals surface area contributed by atoms with Crippen molar-refractivity contribution in [2.75, 3.05) is 6.61 Å². The van der Waals surface area contributed by atoms with E-state index in [1.165, 1.54) is 36.4 Å². The maximum absolute atomic E-state index is 11.7. The summed E-state index contributed by atoms with van der Waals surface area (Å²) in [6.45, 7) is 1.71. The summed E-state index contributed by atoms with van der Waals surface area (Å²) in [6, 6.07) is 8.01. The topological polar surface area (TPSA) is 90.2 Å². The summed E-state index contributed by atoms with van der Waals surface area (Å²) in [4.78, 5) is 22.2. The minimum Gasteiger partial charge on any atom is -0.872 e. The molecule has 21 heavy (non-hydrogen) atoms. The molecular weight excluding hydrogens is 281 g/mol. The Bertz CT molecular complexity index is 597. The van der Waals surface area contributed by atoms with Gasteiger partial charge < -0.3 is 9.84 Å². The Hall–Kier alpha value is -1.87. The minimum absolute atomic E-state index is 0. The number of ether oxygens (including phenoxy) is 1. The van der Waals surface area contributed by atoms with Gasteiger partial charge in [-0.15, -0.1) is 5.76 Å². The second kappa shape index (κ2) is 9.94. The summed E-state index contributed by atoms with van der Waals surface area (Å²) < 4.78 is 4.50. The van der Waals surface area contributed by atoms with Crippen LogP contribution in [-0.2, 0) is 14.3 Å². The molecule has 1 aromatic carbocycles. The van der Waals surface area contributed by atoms with E-state index in [1.807, 2.05) is 6.07 Å². The first kappa shape index (κ1) is 19.1. The molecule has 0 aromatic heterocycles. The molecule has 102 valence electrons. The van der Waals surface area contributed by atoms with Crippen molar-refractivity contribution in [3.8, 4) is 6.07 Å². The molecule has 0 atom stereocenters. The van der Waals surface area contributed by atoms with Crippen molar-refractivity contribution in [2.45, 2.75) is 6.92 Å². The molecule has 0 unspecified atom stereocenters. The zero-order valence-corrected chi connectivity index (χ0v) is 13.8. The summed E-state index contributed by atoms with van der Waals surface area (Å²) in [5, 5.41) is 20.3. The number of nitrogens with zero attached hydrogens (tertiary/aromatic N) is 1. The van der Waals surface area contributed by atoms with E-state index in [9.17, 15) is 14.7 Å². The first-order valence-electron chi connectivity index (χ1n) is 5.85. The zero-order valence-electron chi connectivity index (χ0n) is 11.8. The molecule has 0 aliphatic rings. The monoisotopic (exact) mass is 293 g/mol. The fraction of sp³-hybridized carbons (Fsp3) is 0.133. The van der Waals surface area contributed by atoms with Crippen molar-refractivity contribution < 1.29 is 49.0 Å². The first-order valence-corrected chi connectivity index (χ1v) is 5.85. The van der Waals surface area contributed by atoms with E-state index in [2.05, 4.69) is 4.74 Å². The molecule has 0 aliphatic heterocycles. The summed E-state index contributed by atoms with van der Waals surface area (Å²) in [6.07, 6.45) is 3.33. The average molecular weight is 293 g/mol. The number of carbonyl (C=O) groups excluding carboxylic acids is 2. The van der Waals surface area contributed by atoms with Crippen LogP contribution < -0.4 is 34.7 Å². The van der Waals surface area contributed by atoms with Gasteiger partial charge in [-0.1, -0.05) is 24.3 Å². The fourth-order valence-corrected chi connectivity index (χ4v) is 1.30. The molecule has 0 fully saturated rings. The smallest absolute Gasteiger partial charge is 0.872 e. The molecule has 0 saturated carbocycles. The maximum atomic E-state index is 11.7. The van der Waals surface area contributed by atoms with E-state index in [0.29, 0.717) is 11.1 Å². The molecule has 1 aromatic rings. The standard InChI is InChI=1S/C15H13NO4.Na/c1-2-20-15(19)14(18)5-3-4-13(17)12-8-6-11(10-16)7-9-12;/h3-9,17H,2H2,1H3;/q;+1/p-1/b5-3+,13-4-;.